The number of aliphatic hydroxyl groups excluding tert-OH is 4. The molecule has 0 bridgehead atoms. The van der Waals surface area contributed by atoms with E-state index in [9.17, 15) is 25.2 Å². The van der Waals surface area contributed by atoms with Crippen molar-refractivity contribution < 1.29 is 39.4 Å². The zero-order valence-corrected chi connectivity index (χ0v) is 35.2. The molecule has 3 heterocycles. The van der Waals surface area contributed by atoms with Gasteiger partial charge in [-0.05, 0) is 114 Å². The van der Waals surface area contributed by atoms with Crippen LogP contribution in [0.15, 0.2) is 0 Å². The molecule has 0 aromatic carbocycles. The van der Waals surface area contributed by atoms with Crippen molar-refractivity contribution in [3.8, 4) is 0 Å². The second-order valence-corrected chi connectivity index (χ2v) is 18.4. The lowest BCUT2D eigenvalue weighted by atomic mass is 9.80. The quantitative estimate of drug-likeness (QED) is 0.0572. The van der Waals surface area contributed by atoms with Crippen LogP contribution >= 0.6 is 0 Å². The molecular formula is C44H83NO8. The van der Waals surface area contributed by atoms with Crippen molar-refractivity contribution in [3.05, 3.63) is 0 Å². The summed E-state index contributed by atoms with van der Waals surface area (Å²) in [5.74, 6) is 1.55. The first-order valence-electron chi connectivity index (χ1n) is 22.0. The summed E-state index contributed by atoms with van der Waals surface area (Å²) in [5, 5.41) is 42.0. The van der Waals surface area contributed by atoms with E-state index in [1.165, 1.54) is 0 Å². The van der Waals surface area contributed by atoms with E-state index in [0.717, 1.165) is 109 Å². The Labute approximate surface area is 324 Å². The summed E-state index contributed by atoms with van der Waals surface area (Å²) in [4.78, 5) is 14.7. The van der Waals surface area contributed by atoms with Crippen LogP contribution in [0.3, 0.4) is 0 Å². The Hall–Kier alpha value is -0.650. The zero-order chi connectivity index (χ0) is 39.1. The molecule has 3 aliphatic rings. The van der Waals surface area contributed by atoms with Crippen LogP contribution in [0.25, 0.3) is 0 Å². The van der Waals surface area contributed by atoms with Gasteiger partial charge in [0.15, 0.2) is 5.79 Å². The van der Waals surface area contributed by atoms with Crippen LogP contribution < -0.4 is 0 Å². The standard InChI is InChI=1S/C44H83NO8/c1-9-15-37(47)25-39-22-20-31(3)42(52-39)26-43(50)45(8)28-41(49)34(6)40(48)18-13-11-10-12-16-36-29-51-44(27-33(36)5)23-14-17-38(53-44)21-19-30(2)24-32(4)35(7)46/h30-39,41-43,46-47,49-50H,9-29H2,1-8H3. The van der Waals surface area contributed by atoms with E-state index >= 15 is 0 Å². The van der Waals surface area contributed by atoms with Gasteiger partial charge in [-0.15, -0.1) is 0 Å². The molecule has 9 nitrogen and oxygen atoms in total. The van der Waals surface area contributed by atoms with E-state index in [-0.39, 0.29) is 42.8 Å². The van der Waals surface area contributed by atoms with Gasteiger partial charge in [-0.1, -0.05) is 67.2 Å². The highest BCUT2D eigenvalue weighted by atomic mass is 16.7. The van der Waals surface area contributed by atoms with Crippen LogP contribution in [0.4, 0.5) is 0 Å². The number of Topliss-reactive ketones (excluding diaryl/α,β-unsaturated/α-hetero) is 1. The van der Waals surface area contributed by atoms with Gasteiger partial charge in [0, 0.05) is 38.1 Å². The fourth-order valence-electron chi connectivity index (χ4n) is 9.17. The van der Waals surface area contributed by atoms with E-state index in [1.54, 1.807) is 11.9 Å². The summed E-state index contributed by atoms with van der Waals surface area (Å²) in [6.07, 6.45) is 15.9. The molecule has 312 valence electrons. The minimum absolute atomic E-state index is 0.0165. The zero-order valence-electron chi connectivity index (χ0n) is 35.2. The fourth-order valence-corrected chi connectivity index (χ4v) is 9.17. The van der Waals surface area contributed by atoms with Gasteiger partial charge in [0.25, 0.3) is 0 Å². The molecule has 0 aliphatic carbocycles. The van der Waals surface area contributed by atoms with E-state index in [0.29, 0.717) is 48.9 Å². The molecule has 53 heavy (non-hydrogen) atoms. The molecule has 0 saturated carbocycles. The summed E-state index contributed by atoms with van der Waals surface area (Å²) < 4.78 is 19.5. The van der Waals surface area contributed by atoms with Crippen LogP contribution in [0.2, 0.25) is 0 Å². The normalized spacial score (nSPS) is 32.2. The summed E-state index contributed by atoms with van der Waals surface area (Å²) in [6.45, 7) is 15.7. The van der Waals surface area contributed by atoms with E-state index in [2.05, 4.69) is 34.6 Å². The first-order chi connectivity index (χ1) is 25.1. The Bertz CT molecular complexity index is 1010. The number of unbranched alkanes of at least 4 members (excludes halogenated alkanes) is 3. The molecule has 3 saturated heterocycles. The molecule has 4 N–H and O–H groups in total. The molecule has 3 aliphatic heterocycles. The second-order valence-electron chi connectivity index (χ2n) is 18.4. The van der Waals surface area contributed by atoms with Gasteiger partial charge >= 0.3 is 0 Å². The third-order valence-corrected chi connectivity index (χ3v) is 13.4. The van der Waals surface area contributed by atoms with Gasteiger partial charge in [-0.25, -0.2) is 0 Å². The number of ketones is 1. The summed E-state index contributed by atoms with van der Waals surface area (Å²) in [5.41, 5.74) is 0. The molecular weight excluding hydrogens is 670 g/mol. The topological polar surface area (TPSA) is 129 Å². The van der Waals surface area contributed by atoms with Crippen molar-refractivity contribution >= 4 is 5.78 Å². The molecule has 9 heteroatoms. The smallest absolute Gasteiger partial charge is 0.168 e. The summed E-state index contributed by atoms with van der Waals surface area (Å²) in [7, 11) is 1.79. The number of carbonyl (C=O) groups excluding carboxylic acids is 1. The highest BCUT2D eigenvalue weighted by molar-refractivity contribution is 5.81. The van der Waals surface area contributed by atoms with Crippen LogP contribution in [-0.4, -0.2) is 99.9 Å². The highest BCUT2D eigenvalue weighted by Gasteiger charge is 2.44. The molecule has 14 unspecified atom stereocenters. The molecule has 0 aromatic rings. The third kappa shape index (κ3) is 16.0. The molecule has 0 amide bonds. The first-order valence-corrected chi connectivity index (χ1v) is 22.0. The minimum atomic E-state index is -0.837. The lowest BCUT2D eigenvalue weighted by Crippen LogP contribution is -2.49. The number of carbonyl (C=O) groups is 1. The Kier molecular flexibility index (Phi) is 20.8. The average molecular weight is 754 g/mol. The third-order valence-electron chi connectivity index (χ3n) is 13.4. The highest BCUT2D eigenvalue weighted by Crippen LogP contribution is 2.43. The first kappa shape index (κ1) is 46.7. The average Bonchev–Trinajstić information content (AvgIpc) is 3.10. The Balaban J connectivity index is 1.28. The lowest BCUT2D eigenvalue weighted by molar-refractivity contribution is -0.312. The molecule has 0 aromatic heterocycles. The number of likely N-dealkylation sites (N-methyl/N-ethyl adjacent to an activating group) is 1. The number of hydrogen-bond acceptors (Lipinski definition) is 9. The second kappa shape index (κ2) is 23.5. The van der Waals surface area contributed by atoms with Gasteiger partial charge in [-0.3, -0.25) is 9.69 Å². The maximum atomic E-state index is 13.0. The number of nitrogens with zero attached hydrogens (tertiary/aromatic N) is 1. The van der Waals surface area contributed by atoms with Gasteiger partial charge in [0.2, 0.25) is 0 Å². The Morgan fingerprint density at radius 3 is 2.32 bits per heavy atom. The van der Waals surface area contributed by atoms with Crippen molar-refractivity contribution in [2.75, 3.05) is 20.2 Å². The summed E-state index contributed by atoms with van der Waals surface area (Å²) >= 11 is 0. The maximum Gasteiger partial charge on any atom is 0.168 e. The van der Waals surface area contributed by atoms with E-state index < -0.39 is 24.0 Å². The monoisotopic (exact) mass is 754 g/mol. The maximum absolute atomic E-state index is 13.0. The fraction of sp³-hybridized carbons (Fsp3) is 0.977. The number of hydrogen-bond donors (Lipinski definition) is 4. The number of aliphatic hydroxyl groups is 4. The lowest BCUT2D eigenvalue weighted by Gasteiger charge is -2.47. The van der Waals surface area contributed by atoms with Gasteiger partial charge in [0.1, 0.15) is 12.0 Å². The van der Waals surface area contributed by atoms with Crippen LogP contribution in [0.5, 0.6) is 0 Å². The van der Waals surface area contributed by atoms with Crippen molar-refractivity contribution in [1.82, 2.24) is 4.90 Å². The largest absolute Gasteiger partial charge is 0.393 e. The molecule has 1 spiro atoms. The van der Waals surface area contributed by atoms with Crippen LogP contribution in [0.1, 0.15) is 170 Å². The van der Waals surface area contributed by atoms with Crippen molar-refractivity contribution in [3.63, 3.8) is 0 Å². The van der Waals surface area contributed by atoms with E-state index in [1.807, 2.05) is 13.8 Å². The molecule has 14 atom stereocenters. The SMILES string of the molecule is CCCC(O)CC1CCC(C)C(CC(O)N(C)CC(O)C(C)C(=O)CCCCCCC2COC3(CCCC(CCC(C)CC(C)C(C)O)O3)CC2C)O1. The number of ether oxygens (including phenoxy) is 3. The van der Waals surface area contributed by atoms with Crippen LogP contribution in [0, 0.1) is 35.5 Å². The van der Waals surface area contributed by atoms with Crippen molar-refractivity contribution in [2.45, 2.75) is 219 Å². The van der Waals surface area contributed by atoms with Gasteiger partial charge < -0.3 is 34.6 Å². The Morgan fingerprint density at radius 2 is 1.62 bits per heavy atom. The van der Waals surface area contributed by atoms with Gasteiger partial charge in [-0.2, -0.15) is 0 Å². The predicted octanol–water partition coefficient (Wildman–Crippen LogP) is 8.03. The van der Waals surface area contributed by atoms with E-state index in [4.69, 9.17) is 14.2 Å². The molecule has 3 fully saturated rings. The predicted molar refractivity (Wildman–Crippen MR) is 212 cm³/mol. The van der Waals surface area contributed by atoms with Gasteiger partial charge in [0.05, 0.1) is 43.2 Å². The molecule has 3 rings (SSSR count). The van der Waals surface area contributed by atoms with Crippen molar-refractivity contribution in [2.24, 2.45) is 35.5 Å². The summed E-state index contributed by atoms with van der Waals surface area (Å²) in [6, 6.07) is 0. The minimum Gasteiger partial charge on any atom is -0.393 e. The van der Waals surface area contributed by atoms with Crippen LogP contribution in [-0.2, 0) is 19.0 Å². The number of rotatable bonds is 24. The molecule has 0 radical (unpaired) electrons. The Morgan fingerprint density at radius 1 is 0.887 bits per heavy atom. The van der Waals surface area contributed by atoms with Crippen molar-refractivity contribution in [1.29, 1.82) is 0 Å².